The molecule has 0 fully saturated rings. The number of fused-ring (bicyclic) bond motifs is 2. The zero-order valence-corrected chi connectivity index (χ0v) is 14.0. The van der Waals surface area contributed by atoms with Gasteiger partial charge in [-0.1, -0.05) is 18.2 Å². The maximum absolute atomic E-state index is 11.6. The standard InChI is InChI=1S/C18H14N4O4/c1-25-15-7-11-12(8-16(15)26-2)20-19-9-14(11)22-13-6-4-3-5-10(13)17(21-22)18(23)24/h3-9H,1-2H3,(H,23,24). The van der Waals surface area contributed by atoms with E-state index < -0.39 is 5.97 Å². The van der Waals surface area contributed by atoms with Crippen molar-refractivity contribution in [1.82, 2.24) is 20.0 Å². The zero-order valence-electron chi connectivity index (χ0n) is 14.0. The van der Waals surface area contributed by atoms with E-state index in [-0.39, 0.29) is 5.69 Å². The van der Waals surface area contributed by atoms with Crippen molar-refractivity contribution in [3.63, 3.8) is 0 Å². The van der Waals surface area contributed by atoms with Gasteiger partial charge in [-0.15, -0.1) is 0 Å². The first-order valence-corrected chi connectivity index (χ1v) is 7.73. The number of hydrogen-bond donors (Lipinski definition) is 1. The lowest BCUT2D eigenvalue weighted by molar-refractivity contribution is 0.0692. The van der Waals surface area contributed by atoms with Gasteiger partial charge in [0.2, 0.25) is 0 Å². The van der Waals surface area contributed by atoms with E-state index in [9.17, 15) is 9.90 Å². The molecule has 0 saturated heterocycles. The summed E-state index contributed by atoms with van der Waals surface area (Å²) in [6.07, 6.45) is 1.54. The van der Waals surface area contributed by atoms with E-state index in [1.54, 1.807) is 49.4 Å². The summed E-state index contributed by atoms with van der Waals surface area (Å²) < 4.78 is 12.2. The molecule has 0 bridgehead atoms. The topological polar surface area (TPSA) is 99.4 Å². The van der Waals surface area contributed by atoms with E-state index in [2.05, 4.69) is 15.3 Å². The number of aromatic carboxylic acids is 1. The Morgan fingerprint density at radius 2 is 1.81 bits per heavy atom. The SMILES string of the molecule is COc1cc2nncc(-n3nc(C(=O)O)c4ccccc43)c2cc1OC. The smallest absolute Gasteiger partial charge is 0.357 e. The number of ether oxygens (including phenoxy) is 2. The van der Waals surface area contributed by atoms with Crippen LogP contribution in [0.5, 0.6) is 11.5 Å². The van der Waals surface area contributed by atoms with Crippen LogP contribution in [0.3, 0.4) is 0 Å². The molecule has 0 radical (unpaired) electrons. The number of nitrogens with zero attached hydrogens (tertiary/aromatic N) is 4. The van der Waals surface area contributed by atoms with Gasteiger partial charge < -0.3 is 14.6 Å². The van der Waals surface area contributed by atoms with Crippen molar-refractivity contribution in [3.8, 4) is 17.2 Å². The summed E-state index contributed by atoms with van der Waals surface area (Å²) >= 11 is 0. The fourth-order valence-corrected chi connectivity index (χ4v) is 2.95. The van der Waals surface area contributed by atoms with Gasteiger partial charge in [0.25, 0.3) is 0 Å². The molecule has 2 aromatic heterocycles. The molecule has 0 aliphatic rings. The van der Waals surface area contributed by atoms with Gasteiger partial charge >= 0.3 is 5.97 Å². The molecule has 130 valence electrons. The molecule has 8 nitrogen and oxygen atoms in total. The minimum Gasteiger partial charge on any atom is -0.493 e. The van der Waals surface area contributed by atoms with Crippen LogP contribution in [0.15, 0.2) is 42.6 Å². The number of carboxylic acids is 1. The minimum absolute atomic E-state index is 0.0222. The van der Waals surface area contributed by atoms with Gasteiger partial charge in [0.05, 0.1) is 37.1 Å². The average Bonchev–Trinajstić information content (AvgIpc) is 3.06. The van der Waals surface area contributed by atoms with Crippen molar-refractivity contribution in [2.24, 2.45) is 0 Å². The number of hydrogen-bond acceptors (Lipinski definition) is 6. The zero-order chi connectivity index (χ0) is 18.3. The molecule has 0 spiro atoms. The summed E-state index contributed by atoms with van der Waals surface area (Å²) in [6.45, 7) is 0. The Balaban J connectivity index is 2.07. The Kier molecular flexibility index (Phi) is 3.65. The van der Waals surface area contributed by atoms with Crippen LogP contribution < -0.4 is 9.47 Å². The van der Waals surface area contributed by atoms with Crippen molar-refractivity contribution >= 4 is 27.8 Å². The van der Waals surface area contributed by atoms with Crippen molar-refractivity contribution in [2.75, 3.05) is 14.2 Å². The molecule has 2 aromatic carbocycles. The predicted octanol–water partition coefficient (Wildman–Crippen LogP) is 2.68. The molecule has 0 unspecified atom stereocenters. The first-order chi connectivity index (χ1) is 12.6. The van der Waals surface area contributed by atoms with Gasteiger partial charge in [-0.05, 0) is 12.1 Å². The number of carbonyl (C=O) groups is 1. The molecule has 1 N–H and O–H groups in total. The highest BCUT2D eigenvalue weighted by Gasteiger charge is 2.19. The Morgan fingerprint density at radius 3 is 2.54 bits per heavy atom. The second-order valence-electron chi connectivity index (χ2n) is 5.54. The molecule has 26 heavy (non-hydrogen) atoms. The lowest BCUT2D eigenvalue weighted by Gasteiger charge is -2.11. The van der Waals surface area contributed by atoms with Crippen molar-refractivity contribution in [2.45, 2.75) is 0 Å². The number of rotatable bonds is 4. The minimum atomic E-state index is -1.09. The molecule has 0 aliphatic heterocycles. The van der Waals surface area contributed by atoms with E-state index in [0.29, 0.717) is 39.0 Å². The third-order valence-corrected chi connectivity index (χ3v) is 4.14. The monoisotopic (exact) mass is 350 g/mol. The molecule has 0 saturated carbocycles. The van der Waals surface area contributed by atoms with Crippen molar-refractivity contribution in [1.29, 1.82) is 0 Å². The van der Waals surface area contributed by atoms with Crippen LogP contribution in [-0.4, -0.2) is 45.3 Å². The summed E-state index contributed by atoms with van der Waals surface area (Å²) in [7, 11) is 3.09. The second kappa shape index (κ2) is 5.99. The van der Waals surface area contributed by atoms with Crippen molar-refractivity contribution < 1.29 is 19.4 Å². The average molecular weight is 350 g/mol. The van der Waals surface area contributed by atoms with Gasteiger partial charge in [0.1, 0.15) is 0 Å². The van der Waals surface area contributed by atoms with E-state index in [1.165, 1.54) is 0 Å². The molecule has 0 atom stereocenters. The highest BCUT2D eigenvalue weighted by atomic mass is 16.5. The molecule has 0 amide bonds. The second-order valence-corrected chi connectivity index (χ2v) is 5.54. The lowest BCUT2D eigenvalue weighted by atomic mass is 10.1. The number of benzene rings is 2. The first kappa shape index (κ1) is 15.8. The van der Waals surface area contributed by atoms with E-state index >= 15 is 0 Å². The molecular formula is C18H14N4O4. The molecular weight excluding hydrogens is 336 g/mol. The summed E-state index contributed by atoms with van der Waals surface area (Å²) in [5.41, 5.74) is 1.82. The Morgan fingerprint density at radius 1 is 1.08 bits per heavy atom. The maximum Gasteiger partial charge on any atom is 0.357 e. The lowest BCUT2D eigenvalue weighted by Crippen LogP contribution is -2.03. The van der Waals surface area contributed by atoms with Crippen LogP contribution >= 0.6 is 0 Å². The fraction of sp³-hybridized carbons (Fsp3) is 0.111. The maximum atomic E-state index is 11.6. The van der Waals surface area contributed by atoms with E-state index in [1.807, 2.05) is 12.1 Å². The quantitative estimate of drug-likeness (QED) is 0.604. The Bertz CT molecular complexity index is 1150. The van der Waals surface area contributed by atoms with Crippen LogP contribution in [0.2, 0.25) is 0 Å². The van der Waals surface area contributed by atoms with Crippen LogP contribution in [0, 0.1) is 0 Å². The number of aromatic nitrogens is 4. The molecule has 0 aliphatic carbocycles. The van der Waals surface area contributed by atoms with Gasteiger partial charge in [0, 0.05) is 16.8 Å². The van der Waals surface area contributed by atoms with Gasteiger partial charge in [-0.2, -0.15) is 15.3 Å². The fourth-order valence-electron chi connectivity index (χ4n) is 2.95. The normalized spacial score (nSPS) is 11.0. The first-order valence-electron chi connectivity index (χ1n) is 7.73. The van der Waals surface area contributed by atoms with Crippen LogP contribution in [0.4, 0.5) is 0 Å². The van der Waals surface area contributed by atoms with E-state index in [4.69, 9.17) is 9.47 Å². The predicted molar refractivity (Wildman–Crippen MR) is 94.2 cm³/mol. The largest absolute Gasteiger partial charge is 0.493 e. The third kappa shape index (κ3) is 2.31. The molecule has 2 heterocycles. The number of methoxy groups -OCH3 is 2. The van der Waals surface area contributed by atoms with Gasteiger partial charge in [-0.3, -0.25) is 0 Å². The highest BCUT2D eigenvalue weighted by Crippen LogP contribution is 2.34. The van der Waals surface area contributed by atoms with Crippen LogP contribution in [0.25, 0.3) is 27.5 Å². The summed E-state index contributed by atoms with van der Waals surface area (Å²) in [6, 6.07) is 10.6. The summed E-state index contributed by atoms with van der Waals surface area (Å²) in [5, 5.41) is 23.2. The molecule has 4 aromatic rings. The molecule has 8 heteroatoms. The van der Waals surface area contributed by atoms with E-state index in [0.717, 1.165) is 0 Å². The van der Waals surface area contributed by atoms with Crippen molar-refractivity contribution in [3.05, 3.63) is 48.3 Å². The Labute approximate surface area is 147 Å². The van der Waals surface area contributed by atoms with Crippen LogP contribution in [0.1, 0.15) is 10.5 Å². The van der Waals surface area contributed by atoms with Gasteiger partial charge in [0.15, 0.2) is 17.2 Å². The number of carboxylic acid groups (broad SMARTS) is 1. The van der Waals surface area contributed by atoms with Gasteiger partial charge in [-0.25, -0.2) is 9.48 Å². The number of para-hydroxylation sites is 1. The summed E-state index contributed by atoms with van der Waals surface area (Å²) in [5.74, 6) is -0.0299. The third-order valence-electron chi connectivity index (χ3n) is 4.14. The highest BCUT2D eigenvalue weighted by molar-refractivity contribution is 6.02. The summed E-state index contributed by atoms with van der Waals surface area (Å²) in [4.78, 5) is 11.6. The molecule has 4 rings (SSSR count). The van der Waals surface area contributed by atoms with Crippen LogP contribution in [-0.2, 0) is 0 Å². The Hall–Kier alpha value is -3.68.